The number of phosphoric acid groups is 1. The lowest BCUT2D eigenvalue weighted by atomic mass is 9.80. The molecule has 1 atom stereocenters. The number of hydrogen-bond acceptors (Lipinski definition) is 3. The van der Waals surface area contributed by atoms with Gasteiger partial charge in [0.15, 0.2) is 0 Å². The van der Waals surface area contributed by atoms with Crippen LogP contribution in [0.3, 0.4) is 0 Å². The molecule has 0 heterocycles. The number of rotatable bonds is 4. The summed E-state index contributed by atoms with van der Waals surface area (Å²) in [7, 11) is -4.28. The first-order valence-electron chi connectivity index (χ1n) is 8.30. The smallest absolute Gasteiger partial charge is 0.395 e. The van der Waals surface area contributed by atoms with E-state index in [2.05, 4.69) is 47.6 Å². The topological polar surface area (TPSA) is 55.8 Å². The fourth-order valence-electron chi connectivity index (χ4n) is 2.28. The second-order valence-corrected chi connectivity index (χ2v) is 9.51. The maximum Gasteiger partial charge on any atom is 0.584 e. The molecular weight excluding hydrogens is 335 g/mol. The molecule has 25 heavy (non-hydrogen) atoms. The number of benzene rings is 2. The lowest BCUT2D eigenvalue weighted by Gasteiger charge is -2.26. The van der Waals surface area contributed by atoms with Crippen LogP contribution in [0.4, 0.5) is 0 Å². The Morgan fingerprint density at radius 3 is 1.64 bits per heavy atom. The summed E-state index contributed by atoms with van der Waals surface area (Å²) in [5.74, 6) is 0.621. The van der Waals surface area contributed by atoms with Gasteiger partial charge in [0, 0.05) is 0 Å². The molecular formula is C20H27O4P. The molecule has 0 fully saturated rings. The van der Waals surface area contributed by atoms with E-state index in [0.717, 1.165) is 11.1 Å². The van der Waals surface area contributed by atoms with E-state index in [0.29, 0.717) is 5.75 Å². The van der Waals surface area contributed by atoms with E-state index in [-0.39, 0.29) is 16.6 Å². The Labute approximate surface area is 150 Å². The summed E-state index contributed by atoms with van der Waals surface area (Å²) in [6, 6.07) is 14.2. The van der Waals surface area contributed by atoms with Crippen molar-refractivity contribution < 1.29 is 18.5 Å². The van der Waals surface area contributed by atoms with Crippen molar-refractivity contribution in [3.05, 3.63) is 59.7 Å². The third-order valence-electron chi connectivity index (χ3n) is 3.82. The molecule has 1 N–H and O–H groups in total. The van der Waals surface area contributed by atoms with Crippen molar-refractivity contribution in [3.8, 4) is 11.5 Å². The van der Waals surface area contributed by atoms with Gasteiger partial charge in [-0.15, -0.1) is 0 Å². The van der Waals surface area contributed by atoms with Gasteiger partial charge in [-0.1, -0.05) is 65.8 Å². The lowest BCUT2D eigenvalue weighted by Crippen LogP contribution is -2.16. The fraction of sp³-hybridized carbons (Fsp3) is 0.400. The van der Waals surface area contributed by atoms with E-state index in [1.165, 1.54) is 0 Å². The highest BCUT2D eigenvalue weighted by Gasteiger charge is 2.27. The Kier molecular flexibility index (Phi) is 5.36. The van der Waals surface area contributed by atoms with Gasteiger partial charge in [0.1, 0.15) is 11.5 Å². The first-order chi connectivity index (χ1) is 11.4. The second-order valence-electron chi connectivity index (χ2n) is 8.21. The average molecular weight is 362 g/mol. The molecule has 0 aliphatic rings. The molecule has 0 radical (unpaired) electrons. The van der Waals surface area contributed by atoms with Crippen LogP contribution >= 0.6 is 7.82 Å². The quantitative estimate of drug-likeness (QED) is 0.694. The predicted molar refractivity (Wildman–Crippen MR) is 101 cm³/mol. The maximum absolute atomic E-state index is 12.4. The van der Waals surface area contributed by atoms with Crippen molar-refractivity contribution in [2.24, 2.45) is 0 Å². The fourth-order valence-corrected chi connectivity index (χ4v) is 3.08. The van der Waals surface area contributed by atoms with Crippen molar-refractivity contribution in [1.82, 2.24) is 0 Å². The second kappa shape index (κ2) is 6.86. The summed E-state index contributed by atoms with van der Waals surface area (Å²) >= 11 is 0. The lowest BCUT2D eigenvalue weighted by molar-refractivity contribution is 0.290. The van der Waals surface area contributed by atoms with Crippen LogP contribution in [0.2, 0.25) is 0 Å². The van der Waals surface area contributed by atoms with Gasteiger partial charge >= 0.3 is 7.82 Å². The third kappa shape index (κ3) is 5.62. The van der Waals surface area contributed by atoms with E-state index in [1.807, 2.05) is 0 Å². The number of para-hydroxylation sites is 1. The van der Waals surface area contributed by atoms with Crippen LogP contribution in [-0.4, -0.2) is 4.89 Å². The van der Waals surface area contributed by atoms with Crippen molar-refractivity contribution in [1.29, 1.82) is 0 Å². The van der Waals surface area contributed by atoms with E-state index < -0.39 is 7.82 Å². The van der Waals surface area contributed by atoms with Gasteiger partial charge in [-0.25, -0.2) is 4.57 Å². The van der Waals surface area contributed by atoms with Crippen molar-refractivity contribution in [3.63, 3.8) is 0 Å². The average Bonchev–Trinajstić information content (AvgIpc) is 2.45. The predicted octanol–water partition coefficient (Wildman–Crippen LogP) is 5.84. The Morgan fingerprint density at radius 2 is 1.20 bits per heavy atom. The number of phosphoric ester groups is 1. The van der Waals surface area contributed by atoms with Gasteiger partial charge in [-0.05, 0) is 46.2 Å². The van der Waals surface area contributed by atoms with E-state index >= 15 is 0 Å². The zero-order valence-electron chi connectivity index (χ0n) is 15.7. The van der Waals surface area contributed by atoms with Crippen LogP contribution < -0.4 is 9.05 Å². The molecule has 0 spiro atoms. The van der Waals surface area contributed by atoms with Crippen molar-refractivity contribution in [2.75, 3.05) is 0 Å². The molecule has 0 aromatic heterocycles. The molecule has 4 nitrogen and oxygen atoms in total. The zero-order valence-corrected chi connectivity index (χ0v) is 16.6. The molecule has 5 heteroatoms. The van der Waals surface area contributed by atoms with Gasteiger partial charge in [0.25, 0.3) is 0 Å². The molecule has 0 saturated carbocycles. The Bertz CT molecular complexity index is 738. The van der Waals surface area contributed by atoms with Gasteiger partial charge in [-0.3, -0.25) is 4.89 Å². The van der Waals surface area contributed by atoms with Crippen LogP contribution in [0.25, 0.3) is 0 Å². The minimum absolute atomic E-state index is 0.112. The van der Waals surface area contributed by atoms with Crippen LogP contribution in [-0.2, 0) is 15.4 Å². The van der Waals surface area contributed by atoms with Gasteiger partial charge in [0.05, 0.1) is 0 Å². The van der Waals surface area contributed by atoms with Gasteiger partial charge < -0.3 is 9.05 Å². The SMILES string of the molecule is CC(C)(C)c1cc(OP(=O)(O)Oc2ccccc2)cc(C(C)(C)C)c1. The highest BCUT2D eigenvalue weighted by Crippen LogP contribution is 2.45. The molecule has 0 aliphatic carbocycles. The summed E-state index contributed by atoms with van der Waals surface area (Å²) in [5.41, 5.74) is 1.85. The molecule has 136 valence electrons. The Hall–Kier alpha value is -1.77. The monoisotopic (exact) mass is 362 g/mol. The summed E-state index contributed by atoms with van der Waals surface area (Å²) in [5, 5.41) is 0. The van der Waals surface area contributed by atoms with Gasteiger partial charge in [-0.2, -0.15) is 0 Å². The molecule has 0 bridgehead atoms. The molecule has 0 aliphatic heterocycles. The van der Waals surface area contributed by atoms with E-state index in [4.69, 9.17) is 9.05 Å². The summed E-state index contributed by atoms with van der Waals surface area (Å²) < 4.78 is 22.9. The summed E-state index contributed by atoms with van der Waals surface area (Å²) in [4.78, 5) is 10.1. The molecule has 2 aromatic rings. The molecule has 0 amide bonds. The minimum atomic E-state index is -4.28. The number of hydrogen-bond donors (Lipinski definition) is 1. The molecule has 0 saturated heterocycles. The first kappa shape index (κ1) is 19.6. The molecule has 2 rings (SSSR count). The van der Waals surface area contributed by atoms with E-state index in [1.54, 1.807) is 42.5 Å². The first-order valence-corrected chi connectivity index (χ1v) is 9.79. The Balaban J connectivity index is 2.36. The minimum Gasteiger partial charge on any atom is -0.395 e. The summed E-state index contributed by atoms with van der Waals surface area (Å²) in [6.07, 6.45) is 0. The third-order valence-corrected chi connectivity index (χ3v) is 4.71. The summed E-state index contributed by atoms with van der Waals surface area (Å²) in [6.45, 7) is 12.6. The van der Waals surface area contributed by atoms with Crippen LogP contribution in [0.1, 0.15) is 52.7 Å². The molecule has 1 unspecified atom stereocenters. The van der Waals surface area contributed by atoms with Crippen LogP contribution in [0.15, 0.2) is 48.5 Å². The standard InChI is InChI=1S/C20H27O4P/c1-19(2,3)15-12-16(20(4,5)6)14-18(13-15)24-25(21,22)23-17-10-8-7-9-11-17/h7-14H,1-6H3,(H,21,22). The van der Waals surface area contributed by atoms with E-state index in [9.17, 15) is 9.46 Å². The van der Waals surface area contributed by atoms with Crippen LogP contribution in [0.5, 0.6) is 11.5 Å². The molecule has 2 aromatic carbocycles. The van der Waals surface area contributed by atoms with Gasteiger partial charge in [0.2, 0.25) is 0 Å². The van der Waals surface area contributed by atoms with Crippen molar-refractivity contribution >= 4 is 7.82 Å². The Morgan fingerprint density at radius 1 is 0.760 bits per heavy atom. The normalized spacial score (nSPS) is 14.7. The van der Waals surface area contributed by atoms with Crippen LogP contribution in [0, 0.1) is 0 Å². The highest BCUT2D eigenvalue weighted by atomic mass is 31.2. The highest BCUT2D eigenvalue weighted by molar-refractivity contribution is 7.48. The largest absolute Gasteiger partial charge is 0.584 e. The zero-order chi connectivity index (χ0) is 18.9. The van der Waals surface area contributed by atoms with Crippen molar-refractivity contribution in [2.45, 2.75) is 52.4 Å². The maximum atomic E-state index is 12.4.